The molecule has 5 rings (SSSR count). The second kappa shape index (κ2) is 13.1. The minimum Gasteiger partial charge on any atom is -0.481 e. The van der Waals surface area contributed by atoms with E-state index in [1.807, 2.05) is 12.1 Å². The number of amides is 3. The number of piperidine rings is 2. The van der Waals surface area contributed by atoms with Gasteiger partial charge >= 0.3 is 17.8 Å². The Morgan fingerprint density at radius 2 is 1.79 bits per heavy atom. The monoisotopic (exact) mass is 671 g/mol. The van der Waals surface area contributed by atoms with E-state index in [0.29, 0.717) is 69.5 Å². The lowest BCUT2D eigenvalue weighted by molar-refractivity contribution is -0.157. The summed E-state index contributed by atoms with van der Waals surface area (Å²) in [5, 5.41) is 13.7. The number of carboxylic acids is 1. The molecule has 47 heavy (non-hydrogen) atoms. The number of rotatable bonds is 10. The average molecular weight is 672 g/mol. The topological polar surface area (TPSA) is 152 Å². The van der Waals surface area contributed by atoms with Gasteiger partial charge in [-0.15, -0.1) is 0 Å². The predicted octanol–water partition coefficient (Wildman–Crippen LogP) is 4.27. The van der Waals surface area contributed by atoms with E-state index < -0.39 is 43.1 Å². The number of carboxylic acid groups (broad SMARTS) is 1. The van der Waals surface area contributed by atoms with Crippen molar-refractivity contribution < 1.29 is 33.8 Å². The van der Waals surface area contributed by atoms with E-state index in [1.165, 1.54) is 4.57 Å². The van der Waals surface area contributed by atoms with Gasteiger partial charge in [0.15, 0.2) is 0 Å². The van der Waals surface area contributed by atoms with Gasteiger partial charge < -0.3 is 24.8 Å². The van der Waals surface area contributed by atoms with Gasteiger partial charge in [0.25, 0.3) is 5.91 Å². The van der Waals surface area contributed by atoms with Crippen molar-refractivity contribution in [2.45, 2.75) is 103 Å². The van der Waals surface area contributed by atoms with Crippen LogP contribution >= 0.6 is 0 Å². The SMILES string of the molecule is CC(C)(C)OC(=O)N1CCC(CCc2ccc3c4c2NCCn4c(=O)n3C2CCC(=O)N(COCC[Si](C)(C)C)C2=O)(C(=O)O)CC1. The Labute approximate surface area is 276 Å². The molecule has 13 nitrogen and oxygen atoms in total. The van der Waals surface area contributed by atoms with Crippen LogP contribution in [-0.4, -0.2) is 94.6 Å². The summed E-state index contributed by atoms with van der Waals surface area (Å²) < 4.78 is 14.4. The van der Waals surface area contributed by atoms with Crippen molar-refractivity contribution in [2.24, 2.45) is 5.41 Å². The van der Waals surface area contributed by atoms with E-state index >= 15 is 0 Å². The quantitative estimate of drug-likeness (QED) is 0.214. The molecule has 0 spiro atoms. The first-order chi connectivity index (χ1) is 22.0. The van der Waals surface area contributed by atoms with Crippen LogP contribution in [0.3, 0.4) is 0 Å². The van der Waals surface area contributed by atoms with E-state index in [9.17, 15) is 29.1 Å². The van der Waals surface area contributed by atoms with Crippen molar-refractivity contribution in [3.8, 4) is 0 Å². The molecule has 1 aromatic carbocycles. The molecule has 0 saturated carbocycles. The van der Waals surface area contributed by atoms with Crippen molar-refractivity contribution in [1.82, 2.24) is 18.9 Å². The molecule has 2 N–H and O–H groups in total. The standard InChI is InChI=1S/C33H49N5O8Si/c1-32(2,3)46-31(44)35-16-13-33(14-17-35,29(41)42)12-11-22-7-8-23-27-26(22)34-15-18-36(27)30(43)38(23)24-9-10-25(39)37(28(24)40)21-45-19-20-47(4,5)6/h7-8,24,34H,9-21H2,1-6H3,(H,41,42). The summed E-state index contributed by atoms with van der Waals surface area (Å²) in [6.07, 6.45) is 1.38. The van der Waals surface area contributed by atoms with Crippen LogP contribution < -0.4 is 11.0 Å². The number of benzene rings is 1. The Kier molecular flexibility index (Phi) is 9.66. The molecule has 0 bridgehead atoms. The van der Waals surface area contributed by atoms with Crippen LogP contribution in [0.15, 0.2) is 16.9 Å². The van der Waals surface area contributed by atoms with Crippen LogP contribution in [-0.2, 0) is 36.8 Å². The molecule has 1 unspecified atom stereocenters. The zero-order valence-electron chi connectivity index (χ0n) is 28.5. The highest BCUT2D eigenvalue weighted by Gasteiger charge is 2.43. The molecule has 2 fully saturated rings. The fourth-order valence-corrected chi connectivity index (χ4v) is 7.50. The number of hydrogen-bond donors (Lipinski definition) is 2. The van der Waals surface area contributed by atoms with Gasteiger partial charge in [0.05, 0.1) is 22.1 Å². The summed E-state index contributed by atoms with van der Waals surface area (Å²) in [7, 11) is -1.34. The van der Waals surface area contributed by atoms with Crippen molar-refractivity contribution in [3.63, 3.8) is 0 Å². The molecular weight excluding hydrogens is 622 g/mol. The van der Waals surface area contributed by atoms with Crippen molar-refractivity contribution in [3.05, 3.63) is 28.2 Å². The summed E-state index contributed by atoms with van der Waals surface area (Å²) >= 11 is 0. The first-order valence-corrected chi connectivity index (χ1v) is 20.4. The number of imide groups is 1. The highest BCUT2D eigenvalue weighted by molar-refractivity contribution is 6.76. The number of carbonyl (C=O) groups excluding carboxylic acids is 3. The first kappa shape index (κ1) is 34.7. The number of imidazole rings is 1. The highest BCUT2D eigenvalue weighted by Crippen LogP contribution is 2.40. The van der Waals surface area contributed by atoms with E-state index in [2.05, 4.69) is 25.0 Å². The zero-order valence-corrected chi connectivity index (χ0v) is 29.5. The van der Waals surface area contributed by atoms with E-state index in [1.54, 1.807) is 30.2 Å². The smallest absolute Gasteiger partial charge is 0.410 e. The number of likely N-dealkylation sites (tertiary alicyclic amines) is 2. The average Bonchev–Trinajstić information content (AvgIpc) is 3.27. The third-order valence-electron chi connectivity index (χ3n) is 9.56. The van der Waals surface area contributed by atoms with Gasteiger partial charge in [0.1, 0.15) is 18.4 Å². The minimum absolute atomic E-state index is 0.121. The summed E-state index contributed by atoms with van der Waals surface area (Å²) in [6, 6.07) is 3.82. The van der Waals surface area contributed by atoms with Gasteiger partial charge in [-0.2, -0.15) is 0 Å². The zero-order chi connectivity index (χ0) is 34.3. The highest BCUT2D eigenvalue weighted by atomic mass is 28.3. The summed E-state index contributed by atoms with van der Waals surface area (Å²) in [6.45, 7) is 14.0. The van der Waals surface area contributed by atoms with Gasteiger partial charge in [-0.1, -0.05) is 25.7 Å². The summed E-state index contributed by atoms with van der Waals surface area (Å²) in [4.78, 5) is 68.1. The van der Waals surface area contributed by atoms with Crippen molar-refractivity contribution in [2.75, 3.05) is 38.3 Å². The van der Waals surface area contributed by atoms with Gasteiger partial charge in [-0.05, 0) is 70.5 Å². The number of aliphatic carboxylic acids is 1. The maximum atomic E-state index is 13.8. The number of anilines is 1. The number of ether oxygens (including phenoxy) is 2. The van der Waals surface area contributed by atoms with Crippen molar-refractivity contribution in [1.29, 1.82) is 0 Å². The molecule has 1 aromatic heterocycles. The lowest BCUT2D eigenvalue weighted by atomic mass is 9.74. The molecule has 258 valence electrons. The fourth-order valence-electron chi connectivity index (χ4n) is 6.74. The number of nitrogens with one attached hydrogen (secondary N) is 1. The second-order valence-electron chi connectivity index (χ2n) is 15.3. The molecule has 0 aliphatic carbocycles. The van der Waals surface area contributed by atoms with E-state index in [4.69, 9.17) is 9.47 Å². The summed E-state index contributed by atoms with van der Waals surface area (Å²) in [5.74, 6) is -1.62. The normalized spacial score (nSPS) is 20.0. The lowest BCUT2D eigenvalue weighted by Gasteiger charge is -2.39. The number of nitrogens with zero attached hydrogens (tertiary/aromatic N) is 4. The molecule has 2 saturated heterocycles. The second-order valence-corrected chi connectivity index (χ2v) is 20.9. The number of aryl methyl sites for hydroxylation is 1. The Balaban J connectivity index is 1.35. The van der Waals surface area contributed by atoms with Gasteiger partial charge in [-0.3, -0.25) is 28.4 Å². The maximum Gasteiger partial charge on any atom is 0.410 e. The van der Waals surface area contributed by atoms with Crippen LogP contribution in [0.25, 0.3) is 11.0 Å². The van der Waals surface area contributed by atoms with Gasteiger partial charge in [0, 0.05) is 47.3 Å². The Morgan fingerprint density at radius 1 is 1.09 bits per heavy atom. The lowest BCUT2D eigenvalue weighted by Crippen LogP contribution is -2.48. The number of carbonyl (C=O) groups is 4. The first-order valence-electron chi connectivity index (χ1n) is 16.7. The van der Waals surface area contributed by atoms with Crippen LogP contribution in [0.4, 0.5) is 10.5 Å². The number of hydrogen-bond acceptors (Lipinski definition) is 8. The van der Waals surface area contributed by atoms with E-state index in [-0.39, 0.29) is 31.2 Å². The maximum absolute atomic E-state index is 13.8. The van der Waals surface area contributed by atoms with Crippen LogP contribution in [0, 0.1) is 5.41 Å². The summed E-state index contributed by atoms with van der Waals surface area (Å²) in [5.41, 5.74) is 1.01. The largest absolute Gasteiger partial charge is 0.481 e. The van der Waals surface area contributed by atoms with Crippen molar-refractivity contribution >= 4 is 48.7 Å². The predicted molar refractivity (Wildman–Crippen MR) is 179 cm³/mol. The molecule has 3 aliphatic heterocycles. The minimum atomic E-state index is -1.34. The number of aromatic nitrogens is 2. The molecule has 0 radical (unpaired) electrons. The van der Waals surface area contributed by atoms with Crippen LogP contribution in [0.5, 0.6) is 0 Å². The molecule has 3 aliphatic rings. The molecular formula is C33H49N5O8Si. The van der Waals surface area contributed by atoms with Gasteiger partial charge in [0.2, 0.25) is 5.91 Å². The molecule has 14 heteroatoms. The van der Waals surface area contributed by atoms with Gasteiger partial charge in [-0.25, -0.2) is 9.59 Å². The Bertz CT molecular complexity index is 1610. The molecule has 1 atom stereocenters. The Morgan fingerprint density at radius 3 is 2.43 bits per heavy atom. The third-order valence-corrected chi connectivity index (χ3v) is 11.3. The van der Waals surface area contributed by atoms with Crippen LogP contribution in [0.1, 0.15) is 64.5 Å². The molecule has 3 amide bonds. The fraction of sp³-hybridized carbons (Fsp3) is 0.667. The third kappa shape index (κ3) is 7.27. The molecule has 2 aromatic rings. The van der Waals surface area contributed by atoms with E-state index in [0.717, 1.165) is 22.2 Å². The Hall–Kier alpha value is -3.65. The van der Waals surface area contributed by atoms with Crippen LogP contribution in [0.2, 0.25) is 25.7 Å². The molecule has 4 heterocycles.